The van der Waals surface area contributed by atoms with Crippen LogP contribution in [-0.4, -0.2) is 38.6 Å². The number of nitrogens with zero attached hydrogens (tertiary/aromatic N) is 2. The number of nitrogen functional groups attached to an aromatic ring is 1. The minimum absolute atomic E-state index is 0.0911. The number of para-hydroxylation sites is 1. The van der Waals surface area contributed by atoms with Crippen molar-refractivity contribution in [1.82, 2.24) is 4.31 Å². The van der Waals surface area contributed by atoms with Crippen LogP contribution < -0.4 is 21.3 Å². The van der Waals surface area contributed by atoms with Crippen molar-refractivity contribution in [2.75, 3.05) is 23.8 Å². The fourth-order valence-electron chi connectivity index (χ4n) is 5.13. The highest BCUT2D eigenvalue weighted by Gasteiger charge is 2.38. The molecule has 0 bridgehead atoms. The van der Waals surface area contributed by atoms with Gasteiger partial charge in [0.15, 0.2) is 5.75 Å². The molecule has 4 rings (SSSR count). The highest BCUT2D eigenvalue weighted by Crippen LogP contribution is 2.38. The number of ether oxygens (including phenoxy) is 1. The zero-order valence-corrected chi connectivity index (χ0v) is 24.0. The van der Waals surface area contributed by atoms with Crippen molar-refractivity contribution in [2.24, 2.45) is 5.84 Å². The second kappa shape index (κ2) is 11.5. The summed E-state index contributed by atoms with van der Waals surface area (Å²) in [5.41, 5.74) is 11.7. The van der Waals surface area contributed by atoms with Crippen LogP contribution in [0.25, 0.3) is 0 Å². The first kappa shape index (κ1) is 28.8. The molecule has 2 atom stereocenters. The molecule has 9 heteroatoms. The lowest BCUT2D eigenvalue weighted by molar-refractivity contribution is -0.137. The predicted molar refractivity (Wildman–Crippen MR) is 156 cm³/mol. The Bertz CT molecular complexity index is 1360. The molecule has 8 nitrogen and oxygen atoms in total. The fraction of sp³-hybridized carbons (Fsp3) is 0.367. The van der Waals surface area contributed by atoms with Crippen LogP contribution in [0.4, 0.5) is 11.4 Å². The number of benzene rings is 3. The molecule has 1 aliphatic heterocycles. The predicted octanol–water partition coefficient (Wildman–Crippen LogP) is 4.89. The monoisotopic (exact) mass is 550 g/mol. The quantitative estimate of drug-likeness (QED) is 0.157. The number of hydrogen-bond acceptors (Lipinski definition) is 7. The highest BCUT2D eigenvalue weighted by molar-refractivity contribution is 7.89. The molecule has 1 heterocycles. The zero-order valence-electron chi connectivity index (χ0n) is 23.2. The van der Waals surface area contributed by atoms with E-state index in [9.17, 15) is 14.5 Å². The smallest absolute Gasteiger partial charge is 0.304 e. The minimum atomic E-state index is -1.42. The number of rotatable bonds is 8. The molecule has 5 N–H and O–H groups in total. The second-order valence-electron chi connectivity index (χ2n) is 10.7. The maximum absolute atomic E-state index is 13.7. The average molecular weight is 551 g/mol. The summed E-state index contributed by atoms with van der Waals surface area (Å²) in [5.74, 6) is 5.41. The number of anilines is 2. The Hall–Kier alpha value is -3.24. The van der Waals surface area contributed by atoms with Crippen LogP contribution in [0.5, 0.6) is 5.75 Å². The standard InChI is InChI=1S/C30H38N4O4S/c1-6-34(32)25-14-13-23(20(3)29(25)31)24(16-28(35)36)21-12-11-19(2)22(15-21)17-33-18-30(4,5)38-26-9-7-8-10-27(26)39(33)37/h7-15,24H,6,16-18,31-32H2,1-5H3,(H,35,36). The van der Waals surface area contributed by atoms with E-state index in [1.165, 1.54) is 0 Å². The van der Waals surface area contributed by atoms with E-state index in [2.05, 4.69) is 0 Å². The fourth-order valence-corrected chi connectivity index (χ4v) is 6.56. The molecule has 0 saturated heterocycles. The number of aryl methyl sites for hydroxylation is 1. The number of hydrogen-bond donors (Lipinski definition) is 3. The molecule has 39 heavy (non-hydrogen) atoms. The molecule has 0 radical (unpaired) electrons. The van der Waals surface area contributed by atoms with Gasteiger partial charge in [0, 0.05) is 12.5 Å². The van der Waals surface area contributed by atoms with E-state index < -0.39 is 28.9 Å². The van der Waals surface area contributed by atoms with E-state index in [0.717, 1.165) is 27.8 Å². The van der Waals surface area contributed by atoms with Gasteiger partial charge in [-0.3, -0.25) is 4.79 Å². The average Bonchev–Trinajstić information content (AvgIpc) is 2.98. The van der Waals surface area contributed by atoms with Gasteiger partial charge >= 0.3 is 5.97 Å². The van der Waals surface area contributed by atoms with Gasteiger partial charge in [0.1, 0.15) is 5.60 Å². The molecule has 0 fully saturated rings. The van der Waals surface area contributed by atoms with Gasteiger partial charge < -0.3 is 25.1 Å². The molecule has 2 unspecified atom stereocenters. The third kappa shape index (κ3) is 6.17. The molecule has 0 aromatic heterocycles. The summed E-state index contributed by atoms with van der Waals surface area (Å²) in [6.45, 7) is 11.3. The molecule has 3 aromatic carbocycles. The molecule has 208 valence electrons. The van der Waals surface area contributed by atoms with Crippen molar-refractivity contribution in [3.8, 4) is 5.75 Å². The van der Waals surface area contributed by atoms with Crippen molar-refractivity contribution >= 4 is 28.7 Å². The SMILES string of the molecule is CCN(N)c1ccc(C(CC(=O)O)c2ccc(C)c(CN3CC(C)(C)Oc4ccccc4[S+]3[O-])c2)c(C)c1N. The van der Waals surface area contributed by atoms with Gasteiger partial charge in [0.25, 0.3) is 0 Å². The second-order valence-corrected chi connectivity index (χ2v) is 12.1. The van der Waals surface area contributed by atoms with Gasteiger partial charge in [-0.1, -0.05) is 36.4 Å². The lowest BCUT2D eigenvalue weighted by atomic mass is 9.84. The summed E-state index contributed by atoms with van der Waals surface area (Å²) in [5, 5.41) is 11.4. The molecule has 0 saturated carbocycles. The number of aliphatic carboxylic acids is 1. The lowest BCUT2D eigenvalue weighted by Crippen LogP contribution is -2.42. The van der Waals surface area contributed by atoms with E-state index >= 15 is 0 Å². The Kier molecular flexibility index (Phi) is 8.46. The molecular weight excluding hydrogens is 512 g/mol. The number of fused-ring (bicyclic) bond motifs is 1. The molecule has 3 aromatic rings. The van der Waals surface area contributed by atoms with E-state index in [-0.39, 0.29) is 6.42 Å². The summed E-state index contributed by atoms with van der Waals surface area (Å²) in [4.78, 5) is 12.6. The third-order valence-corrected chi connectivity index (χ3v) is 8.72. The minimum Gasteiger partial charge on any atom is -0.593 e. The van der Waals surface area contributed by atoms with E-state index in [1.54, 1.807) is 5.01 Å². The van der Waals surface area contributed by atoms with Crippen LogP contribution >= 0.6 is 0 Å². The molecular formula is C30H38N4O4S. The normalized spacial score (nSPS) is 17.6. The number of carboxylic acids is 1. The van der Waals surface area contributed by atoms with Crippen molar-refractivity contribution in [2.45, 2.75) is 64.0 Å². The third-order valence-electron chi connectivity index (χ3n) is 7.28. The first-order valence-corrected chi connectivity index (χ1v) is 14.2. The number of nitrogens with two attached hydrogens (primary N) is 2. The van der Waals surface area contributed by atoms with Crippen molar-refractivity contribution in [3.63, 3.8) is 0 Å². The topological polar surface area (TPSA) is 128 Å². The van der Waals surface area contributed by atoms with Crippen LogP contribution in [0, 0.1) is 13.8 Å². The van der Waals surface area contributed by atoms with Gasteiger partial charge in [-0.05, 0) is 80.6 Å². The summed E-state index contributed by atoms with van der Waals surface area (Å²) in [6.07, 6.45) is -0.0911. The van der Waals surface area contributed by atoms with Gasteiger partial charge in [0.2, 0.25) is 4.90 Å². The summed E-state index contributed by atoms with van der Waals surface area (Å²) < 4.78 is 21.8. The molecule has 0 aliphatic carbocycles. The molecule has 0 amide bonds. The Balaban J connectivity index is 1.73. The van der Waals surface area contributed by atoms with Crippen LogP contribution in [-0.2, 0) is 22.7 Å². The van der Waals surface area contributed by atoms with Crippen LogP contribution in [0.15, 0.2) is 59.5 Å². The number of carboxylic acid groups (broad SMARTS) is 1. The highest BCUT2D eigenvalue weighted by atomic mass is 32.2. The van der Waals surface area contributed by atoms with Gasteiger partial charge in [-0.25, -0.2) is 5.84 Å². The maximum Gasteiger partial charge on any atom is 0.304 e. The molecule has 0 spiro atoms. The molecule has 1 aliphatic rings. The first-order valence-electron chi connectivity index (χ1n) is 13.1. The van der Waals surface area contributed by atoms with Gasteiger partial charge in [-0.2, -0.15) is 0 Å². The van der Waals surface area contributed by atoms with Crippen molar-refractivity contribution < 1.29 is 19.2 Å². The van der Waals surface area contributed by atoms with Crippen molar-refractivity contribution in [1.29, 1.82) is 0 Å². The number of hydrazine groups is 1. The van der Waals surface area contributed by atoms with E-state index in [1.807, 2.05) is 93.5 Å². The van der Waals surface area contributed by atoms with E-state index in [4.69, 9.17) is 16.3 Å². The number of carbonyl (C=O) groups is 1. The van der Waals surface area contributed by atoms with Crippen molar-refractivity contribution in [3.05, 3.63) is 82.4 Å². The Morgan fingerprint density at radius 1 is 1.21 bits per heavy atom. The summed E-state index contributed by atoms with van der Waals surface area (Å²) in [6, 6.07) is 17.2. The van der Waals surface area contributed by atoms with E-state index in [0.29, 0.717) is 41.7 Å². The first-order chi connectivity index (χ1) is 18.4. The van der Waals surface area contributed by atoms with Crippen LogP contribution in [0.2, 0.25) is 0 Å². The van der Waals surface area contributed by atoms with Gasteiger partial charge in [-0.15, -0.1) is 4.31 Å². The lowest BCUT2D eigenvalue weighted by Gasteiger charge is -2.29. The van der Waals surface area contributed by atoms with Gasteiger partial charge in [0.05, 0.1) is 42.2 Å². The Morgan fingerprint density at radius 2 is 1.92 bits per heavy atom. The largest absolute Gasteiger partial charge is 0.593 e. The summed E-state index contributed by atoms with van der Waals surface area (Å²) in [7, 11) is 0. The Labute approximate surface area is 233 Å². The van der Waals surface area contributed by atoms with Crippen LogP contribution in [0.1, 0.15) is 60.9 Å². The Morgan fingerprint density at radius 3 is 2.62 bits per heavy atom. The summed E-state index contributed by atoms with van der Waals surface area (Å²) >= 11 is -1.42. The maximum atomic E-state index is 13.7. The van der Waals surface area contributed by atoms with Crippen LogP contribution in [0.3, 0.4) is 0 Å². The zero-order chi connectivity index (χ0) is 28.5.